The maximum atomic E-state index is 16.3. The number of unbranched alkanes of at least 4 members (excludes halogenated alkanes) is 10. The molecule has 1 nitrogen and oxygen atoms in total. The molecule has 44 heavy (non-hydrogen) atoms. The van der Waals surface area contributed by atoms with Gasteiger partial charge in [-0.15, -0.1) is 0 Å². The quantitative estimate of drug-likeness (QED) is 0.158. The summed E-state index contributed by atoms with van der Waals surface area (Å²) in [6, 6.07) is 0. The summed E-state index contributed by atoms with van der Waals surface area (Å²) >= 11 is 0. The summed E-state index contributed by atoms with van der Waals surface area (Å²) in [7, 11) is 0. The lowest BCUT2D eigenvalue weighted by Crippen LogP contribution is -2.69. The van der Waals surface area contributed by atoms with Gasteiger partial charge in [0, 0.05) is 0 Å². The Hall–Kier alpha value is -0.400. The van der Waals surface area contributed by atoms with Crippen molar-refractivity contribution >= 4 is 5.78 Å². The van der Waals surface area contributed by atoms with Gasteiger partial charge >= 0.3 is 0 Å². The number of hydrogen-bond acceptors (Lipinski definition) is 1. The van der Waals surface area contributed by atoms with E-state index in [1.54, 1.807) is 0 Å². The van der Waals surface area contributed by atoms with Crippen molar-refractivity contribution in [2.24, 2.45) is 46.3 Å². The normalized spacial score (nSPS) is 39.5. The predicted octanol–water partition coefficient (Wildman–Crippen LogP) is 13.4. The van der Waals surface area contributed by atoms with Crippen LogP contribution in [0.5, 0.6) is 0 Å². The molecule has 0 aromatic carbocycles. The number of alkyl halides is 1. The van der Waals surface area contributed by atoms with Crippen molar-refractivity contribution in [3.05, 3.63) is 0 Å². The van der Waals surface area contributed by atoms with E-state index >= 15 is 4.39 Å². The number of halogens is 1. The zero-order chi connectivity index (χ0) is 30.8. The molecule has 5 fully saturated rings. The zero-order valence-corrected chi connectivity index (χ0v) is 29.5. The molecule has 254 valence electrons. The third-order valence-corrected chi connectivity index (χ3v) is 14.8. The highest BCUT2D eigenvalue weighted by molar-refractivity contribution is 5.98. The molecule has 0 bridgehead atoms. The van der Waals surface area contributed by atoms with Crippen LogP contribution in [-0.2, 0) is 4.79 Å². The molecule has 0 aliphatic heterocycles. The van der Waals surface area contributed by atoms with E-state index in [1.165, 1.54) is 141 Å². The smallest absolute Gasteiger partial charge is 0.151 e. The van der Waals surface area contributed by atoms with Gasteiger partial charge in [0.2, 0.25) is 0 Å². The molecule has 0 amide bonds. The van der Waals surface area contributed by atoms with Gasteiger partial charge in [0.25, 0.3) is 0 Å². The lowest BCUT2D eigenvalue weighted by Gasteiger charge is -2.62. The highest BCUT2D eigenvalue weighted by Crippen LogP contribution is 2.66. The van der Waals surface area contributed by atoms with Gasteiger partial charge in [-0.05, 0) is 113 Å². The monoisotopic (exact) mass is 613 g/mol. The molecule has 1 unspecified atom stereocenters. The van der Waals surface area contributed by atoms with Crippen molar-refractivity contribution in [2.75, 3.05) is 0 Å². The lowest BCUT2D eigenvalue weighted by molar-refractivity contribution is -0.194. The van der Waals surface area contributed by atoms with E-state index in [1.807, 2.05) is 0 Å². The highest BCUT2D eigenvalue weighted by atomic mass is 19.1. The predicted molar refractivity (Wildman–Crippen MR) is 186 cm³/mol. The fourth-order valence-electron chi connectivity index (χ4n) is 11.7. The molecular formula is C42H73FO. The van der Waals surface area contributed by atoms with Crippen molar-refractivity contribution < 1.29 is 9.18 Å². The Balaban J connectivity index is 0.964. The third kappa shape index (κ3) is 8.17. The second-order valence-electron chi connectivity index (χ2n) is 17.4. The van der Waals surface area contributed by atoms with Gasteiger partial charge in [0.15, 0.2) is 5.78 Å². The number of hydrogen-bond donors (Lipinski definition) is 0. The van der Waals surface area contributed by atoms with Crippen LogP contribution < -0.4 is 0 Å². The van der Waals surface area contributed by atoms with Crippen molar-refractivity contribution in [3.8, 4) is 0 Å². The first-order valence-electron chi connectivity index (χ1n) is 20.7. The van der Waals surface area contributed by atoms with Crippen LogP contribution in [0.25, 0.3) is 0 Å². The standard InChI is InChI=1S/C42H73FO/c1-3-5-7-9-10-11-12-14-16-34-19-23-36(24-20-34)38-27-31-42(32-28-38)39(43)41(40(42)44)29-25-37(26-30-41)35-21-17-33(18-22-35)15-13-8-6-4-2/h33-39H,3-32H2,1-2H3/t33-,34-,35-,36-,37?,38?,39?,41?,42?. The van der Waals surface area contributed by atoms with Crippen LogP contribution in [0.1, 0.15) is 206 Å². The van der Waals surface area contributed by atoms with Gasteiger partial charge in [-0.25, -0.2) is 4.39 Å². The van der Waals surface area contributed by atoms with Crippen LogP contribution in [0.3, 0.4) is 0 Å². The molecule has 0 aromatic rings. The minimum absolute atomic E-state index is 0.388. The van der Waals surface area contributed by atoms with E-state index in [0.717, 1.165) is 86.9 Å². The fraction of sp³-hybridized carbons (Fsp3) is 0.976. The average Bonchev–Trinajstić information content (AvgIpc) is 3.08. The molecule has 5 rings (SSSR count). The van der Waals surface area contributed by atoms with Gasteiger partial charge in [0.1, 0.15) is 6.17 Å². The van der Waals surface area contributed by atoms with Crippen molar-refractivity contribution in [1.29, 1.82) is 0 Å². The molecule has 0 aromatic heterocycles. The molecule has 1 atom stereocenters. The van der Waals surface area contributed by atoms with E-state index in [2.05, 4.69) is 13.8 Å². The Bertz CT molecular complexity index is 817. The minimum Gasteiger partial charge on any atom is -0.298 e. The third-order valence-electron chi connectivity index (χ3n) is 14.8. The zero-order valence-electron chi connectivity index (χ0n) is 29.5. The Kier molecular flexibility index (Phi) is 13.6. The van der Waals surface area contributed by atoms with Crippen LogP contribution in [0.4, 0.5) is 4.39 Å². The topological polar surface area (TPSA) is 17.1 Å². The Morgan fingerprint density at radius 1 is 0.477 bits per heavy atom. The number of carbonyl (C=O) groups is 1. The van der Waals surface area contributed by atoms with Gasteiger partial charge < -0.3 is 0 Å². The van der Waals surface area contributed by atoms with Crippen LogP contribution in [0.15, 0.2) is 0 Å². The summed E-state index contributed by atoms with van der Waals surface area (Å²) in [5.74, 6) is 5.55. The molecule has 0 saturated heterocycles. The first-order valence-corrected chi connectivity index (χ1v) is 20.7. The van der Waals surface area contributed by atoms with Crippen molar-refractivity contribution in [2.45, 2.75) is 213 Å². The Morgan fingerprint density at radius 3 is 1.16 bits per heavy atom. The largest absolute Gasteiger partial charge is 0.298 e. The maximum absolute atomic E-state index is 16.3. The van der Waals surface area contributed by atoms with Crippen LogP contribution in [0, 0.1) is 46.3 Å². The summed E-state index contributed by atoms with van der Waals surface area (Å²) in [6.07, 6.45) is 38.3. The number of Topliss-reactive ketones (excluding diaryl/α,β-unsaturated/α-hetero) is 1. The van der Waals surface area contributed by atoms with Crippen molar-refractivity contribution in [3.63, 3.8) is 0 Å². The second-order valence-corrected chi connectivity index (χ2v) is 17.4. The number of rotatable bonds is 16. The molecule has 5 saturated carbocycles. The van der Waals surface area contributed by atoms with E-state index in [9.17, 15) is 4.79 Å². The van der Waals surface area contributed by atoms with Crippen LogP contribution in [-0.4, -0.2) is 12.0 Å². The van der Waals surface area contributed by atoms with E-state index in [-0.39, 0.29) is 0 Å². The molecule has 0 N–H and O–H groups in total. The number of carbonyl (C=O) groups excluding carboxylic acids is 1. The van der Waals surface area contributed by atoms with Gasteiger partial charge in [-0.2, -0.15) is 0 Å². The van der Waals surface area contributed by atoms with Crippen LogP contribution in [0.2, 0.25) is 0 Å². The Labute approximate surface area is 273 Å². The summed E-state index contributed by atoms with van der Waals surface area (Å²) in [4.78, 5) is 13.9. The molecule has 5 aliphatic rings. The molecule has 2 heteroatoms. The molecule has 0 radical (unpaired) electrons. The van der Waals surface area contributed by atoms with Gasteiger partial charge in [-0.1, -0.05) is 129 Å². The van der Waals surface area contributed by atoms with E-state index < -0.39 is 17.0 Å². The second kappa shape index (κ2) is 17.1. The molecule has 2 spiro atoms. The number of ketones is 1. The minimum atomic E-state index is -0.842. The molecule has 5 aliphatic carbocycles. The molecule has 0 heterocycles. The SMILES string of the molecule is CCCCCCCCCC[C@H]1CC[C@H](C2CCC3(CC2)C(=O)C2(CCC([C@H]4CC[C@H](CCCCCC)CC4)CC2)C3F)CC1. The van der Waals surface area contributed by atoms with Crippen LogP contribution >= 0.6 is 0 Å². The van der Waals surface area contributed by atoms with Gasteiger partial charge in [-0.3, -0.25) is 4.79 Å². The summed E-state index contributed by atoms with van der Waals surface area (Å²) in [5, 5.41) is 0. The van der Waals surface area contributed by atoms with Gasteiger partial charge in [0.05, 0.1) is 10.8 Å². The summed E-state index contributed by atoms with van der Waals surface area (Å²) in [6.45, 7) is 4.60. The Morgan fingerprint density at radius 2 is 0.795 bits per heavy atom. The van der Waals surface area contributed by atoms with Crippen molar-refractivity contribution in [1.82, 2.24) is 0 Å². The van der Waals surface area contributed by atoms with E-state index in [4.69, 9.17) is 0 Å². The fourth-order valence-corrected chi connectivity index (χ4v) is 11.7. The van der Waals surface area contributed by atoms with E-state index in [0.29, 0.717) is 5.78 Å². The lowest BCUT2D eigenvalue weighted by atomic mass is 9.41. The summed E-state index contributed by atoms with van der Waals surface area (Å²) < 4.78 is 16.3. The summed E-state index contributed by atoms with van der Waals surface area (Å²) in [5.41, 5.74) is -1.15. The average molecular weight is 613 g/mol. The first-order chi connectivity index (χ1) is 21.5. The maximum Gasteiger partial charge on any atom is 0.151 e. The molecular weight excluding hydrogens is 539 g/mol. The first kappa shape index (κ1) is 34.9. The highest BCUT2D eigenvalue weighted by Gasteiger charge is 2.71.